The highest BCUT2D eigenvalue weighted by Gasteiger charge is 2.30. The van der Waals surface area contributed by atoms with Crippen LogP contribution in [0, 0.1) is 0 Å². The first kappa shape index (κ1) is 22.1. The third-order valence-electron chi connectivity index (χ3n) is 6.39. The number of rotatable bonds is 7. The number of carbonyl (C=O) groups excluding carboxylic acids is 1. The molecule has 35 heavy (non-hydrogen) atoms. The summed E-state index contributed by atoms with van der Waals surface area (Å²) < 4.78 is 2.49. The van der Waals surface area contributed by atoms with Gasteiger partial charge in [-0.2, -0.15) is 5.10 Å². The van der Waals surface area contributed by atoms with Gasteiger partial charge in [0, 0.05) is 37.8 Å². The van der Waals surface area contributed by atoms with Crippen LogP contribution < -0.4 is 21.3 Å². The highest BCUT2D eigenvalue weighted by Crippen LogP contribution is 2.44. The van der Waals surface area contributed by atoms with Crippen molar-refractivity contribution in [3.05, 3.63) is 35.8 Å². The second-order valence-electron chi connectivity index (χ2n) is 9.10. The van der Waals surface area contributed by atoms with E-state index in [-0.39, 0.29) is 18.6 Å². The highest BCUT2D eigenvalue weighted by atomic mass is 32.1. The fourth-order valence-corrected chi connectivity index (χ4v) is 5.36. The lowest BCUT2D eigenvalue weighted by atomic mass is 10.1. The molecule has 1 saturated heterocycles. The topological polar surface area (TPSA) is 147 Å². The molecule has 1 aliphatic heterocycles. The molecule has 1 amide bonds. The van der Waals surface area contributed by atoms with Gasteiger partial charge in [-0.25, -0.2) is 19.5 Å². The van der Waals surface area contributed by atoms with Gasteiger partial charge in [0.1, 0.15) is 11.4 Å². The van der Waals surface area contributed by atoms with Crippen molar-refractivity contribution < 1.29 is 9.90 Å². The summed E-state index contributed by atoms with van der Waals surface area (Å²) in [6.45, 7) is 2.09. The van der Waals surface area contributed by atoms with E-state index in [9.17, 15) is 4.79 Å². The van der Waals surface area contributed by atoms with E-state index >= 15 is 0 Å². The number of fused-ring (bicyclic) bond motifs is 2. The van der Waals surface area contributed by atoms with E-state index in [0.29, 0.717) is 40.1 Å². The number of aliphatic hydroxyl groups excluding tert-OH is 1. The number of thiazole rings is 1. The summed E-state index contributed by atoms with van der Waals surface area (Å²) >= 11 is 1.45. The molecule has 1 atom stereocenters. The fourth-order valence-electron chi connectivity index (χ4n) is 4.49. The molecule has 11 nitrogen and oxygen atoms in total. The van der Waals surface area contributed by atoms with E-state index < -0.39 is 0 Å². The van der Waals surface area contributed by atoms with Gasteiger partial charge in [0.05, 0.1) is 28.9 Å². The van der Waals surface area contributed by atoms with Crippen molar-refractivity contribution in [3.8, 4) is 0 Å². The molecule has 4 aromatic rings. The van der Waals surface area contributed by atoms with Crippen LogP contribution >= 0.6 is 11.3 Å². The largest absolute Gasteiger partial charge is 0.395 e. The molecule has 5 heterocycles. The minimum absolute atomic E-state index is 0.0257. The lowest BCUT2D eigenvalue weighted by molar-refractivity contribution is 0.102. The van der Waals surface area contributed by atoms with Gasteiger partial charge in [-0.3, -0.25) is 4.79 Å². The maximum atomic E-state index is 13.4. The lowest BCUT2D eigenvalue weighted by Gasteiger charge is -2.31. The third kappa shape index (κ3) is 4.40. The van der Waals surface area contributed by atoms with Gasteiger partial charge in [0.25, 0.3) is 5.91 Å². The first-order valence-electron chi connectivity index (χ1n) is 11.9. The van der Waals surface area contributed by atoms with Crippen LogP contribution in [0.3, 0.4) is 0 Å². The summed E-state index contributed by atoms with van der Waals surface area (Å²) in [5, 5.41) is 20.3. The van der Waals surface area contributed by atoms with E-state index in [4.69, 9.17) is 20.8 Å². The Bertz CT molecular complexity index is 1400. The first-order chi connectivity index (χ1) is 17.1. The summed E-state index contributed by atoms with van der Waals surface area (Å²) in [6, 6.07) is 3.98. The summed E-state index contributed by atoms with van der Waals surface area (Å²) in [5.74, 6) is 0.852. The second kappa shape index (κ2) is 9.02. The Morgan fingerprint density at radius 2 is 2.14 bits per heavy atom. The predicted molar refractivity (Wildman–Crippen MR) is 135 cm³/mol. The molecule has 1 aliphatic carbocycles. The number of piperidine rings is 1. The fraction of sp³-hybridized carbons (Fsp3) is 0.435. The van der Waals surface area contributed by atoms with E-state index in [1.807, 2.05) is 18.3 Å². The van der Waals surface area contributed by atoms with Crippen molar-refractivity contribution in [1.29, 1.82) is 0 Å². The van der Waals surface area contributed by atoms with Gasteiger partial charge in [0.15, 0.2) is 16.4 Å². The monoisotopic (exact) mass is 493 g/mol. The maximum Gasteiger partial charge on any atom is 0.261 e. The van der Waals surface area contributed by atoms with E-state index in [0.717, 1.165) is 55.0 Å². The molecule has 182 valence electrons. The average molecular weight is 494 g/mol. The van der Waals surface area contributed by atoms with Crippen molar-refractivity contribution in [2.24, 2.45) is 5.73 Å². The van der Waals surface area contributed by atoms with Crippen LogP contribution in [0.1, 0.15) is 47.7 Å². The molecule has 0 radical (unpaired) electrons. The number of nitrogens with two attached hydrogens (primary N) is 1. The highest BCUT2D eigenvalue weighted by molar-refractivity contribution is 7.22. The molecule has 1 saturated carbocycles. The first-order valence-corrected chi connectivity index (χ1v) is 12.7. The van der Waals surface area contributed by atoms with Crippen LogP contribution in [0.4, 0.5) is 16.6 Å². The number of aliphatic hydroxyl groups is 1. The summed E-state index contributed by atoms with van der Waals surface area (Å²) in [6.07, 6.45) is 7.50. The minimum atomic E-state index is -0.272. The number of amides is 1. The molecule has 0 aromatic carbocycles. The zero-order valence-corrected chi connectivity index (χ0v) is 20.0. The Hall–Kier alpha value is -3.35. The Balaban J connectivity index is 1.30. The zero-order chi connectivity index (χ0) is 23.9. The van der Waals surface area contributed by atoms with Crippen LogP contribution in [-0.4, -0.2) is 67.9 Å². The van der Waals surface area contributed by atoms with Crippen molar-refractivity contribution in [2.75, 3.05) is 41.8 Å². The summed E-state index contributed by atoms with van der Waals surface area (Å²) in [7, 11) is 0. The molecule has 0 bridgehead atoms. The number of hydrogen-bond donors (Lipinski definition) is 4. The molecule has 5 N–H and O–H groups in total. The van der Waals surface area contributed by atoms with Crippen molar-refractivity contribution in [2.45, 2.75) is 37.6 Å². The Kier molecular flexibility index (Phi) is 5.71. The summed E-state index contributed by atoms with van der Waals surface area (Å²) in [4.78, 5) is 29.6. The minimum Gasteiger partial charge on any atom is -0.395 e. The number of hydrogen-bond acceptors (Lipinski definition) is 10. The van der Waals surface area contributed by atoms with Crippen LogP contribution in [0.2, 0.25) is 0 Å². The number of nitrogens with zero attached hydrogens (tertiary/aromatic N) is 6. The van der Waals surface area contributed by atoms with Gasteiger partial charge in [-0.15, -0.1) is 0 Å². The third-order valence-corrected chi connectivity index (χ3v) is 7.34. The number of aromatic nitrogens is 5. The molecular formula is C23H27N9O2S. The van der Waals surface area contributed by atoms with Crippen LogP contribution in [-0.2, 0) is 0 Å². The van der Waals surface area contributed by atoms with Gasteiger partial charge >= 0.3 is 0 Å². The molecule has 0 spiro atoms. The number of carbonyl (C=O) groups is 1. The number of nitrogens with one attached hydrogen (secondary N) is 2. The standard InChI is InChI=1S/C23H27N9O2S/c24-14-2-1-7-31(12-14)18-5-8-32-21(28-18)15(11-26-32)22(34)27-16-10-17-20(29-19(16)13-3-4-13)30-23(35-17)25-6-9-33/h5,8,10-11,13-14,33H,1-4,6-7,9,12,24H2,(H,27,34)(H,25,29,30). The van der Waals surface area contributed by atoms with Gasteiger partial charge in [-0.05, 0) is 37.8 Å². The Morgan fingerprint density at radius 1 is 1.26 bits per heavy atom. The molecule has 2 fully saturated rings. The van der Waals surface area contributed by atoms with E-state index in [1.165, 1.54) is 11.3 Å². The second-order valence-corrected chi connectivity index (χ2v) is 10.1. The number of anilines is 3. The van der Waals surface area contributed by atoms with Crippen LogP contribution in [0.5, 0.6) is 0 Å². The van der Waals surface area contributed by atoms with Crippen LogP contribution in [0.15, 0.2) is 24.5 Å². The normalized spacial score (nSPS) is 18.3. The molecule has 12 heteroatoms. The van der Waals surface area contributed by atoms with Gasteiger partial charge in [0.2, 0.25) is 0 Å². The number of pyridine rings is 1. The van der Waals surface area contributed by atoms with Crippen LogP contribution in [0.25, 0.3) is 16.0 Å². The lowest BCUT2D eigenvalue weighted by Crippen LogP contribution is -2.43. The quantitative estimate of drug-likeness (QED) is 0.304. The predicted octanol–water partition coefficient (Wildman–Crippen LogP) is 2.20. The maximum absolute atomic E-state index is 13.4. The average Bonchev–Trinajstić information content (AvgIpc) is 3.49. The smallest absolute Gasteiger partial charge is 0.261 e. The molecule has 2 aliphatic rings. The Labute approximate surface area is 205 Å². The molecular weight excluding hydrogens is 466 g/mol. The summed E-state index contributed by atoms with van der Waals surface area (Å²) in [5.41, 5.74) is 9.27. The van der Waals surface area contributed by atoms with E-state index in [1.54, 1.807) is 10.7 Å². The molecule has 6 rings (SSSR count). The van der Waals surface area contributed by atoms with E-state index in [2.05, 4.69) is 25.6 Å². The van der Waals surface area contributed by atoms with Crippen molar-refractivity contribution in [1.82, 2.24) is 24.6 Å². The zero-order valence-electron chi connectivity index (χ0n) is 19.1. The van der Waals surface area contributed by atoms with Gasteiger partial charge < -0.3 is 26.4 Å². The molecule has 4 aromatic heterocycles. The van der Waals surface area contributed by atoms with Crippen molar-refractivity contribution >= 4 is 49.9 Å². The SMILES string of the molecule is NC1CCCN(c2ccn3ncc(C(=O)Nc4cc5sc(NCCO)nc5nc4C4CC4)c3n2)C1. The Morgan fingerprint density at radius 3 is 2.94 bits per heavy atom. The molecule has 1 unspecified atom stereocenters. The van der Waals surface area contributed by atoms with Gasteiger partial charge in [-0.1, -0.05) is 11.3 Å². The van der Waals surface area contributed by atoms with Crippen molar-refractivity contribution in [3.63, 3.8) is 0 Å².